The SMILES string of the molecule is CC(C)[C@@H]1CC[C@@H](C)C[C@H]1OC1=Cc2ccccc2[C@@H](P(c2ccccc2)c2ccccc2)c2ccccc21. The second-order valence-corrected chi connectivity index (χ2v) is 13.9. The van der Waals surface area contributed by atoms with Gasteiger partial charge in [0.2, 0.25) is 0 Å². The summed E-state index contributed by atoms with van der Waals surface area (Å²) in [6.07, 6.45) is 6.29. The highest BCUT2D eigenvalue weighted by Crippen LogP contribution is 2.57. The lowest BCUT2D eigenvalue weighted by atomic mass is 9.75. The lowest BCUT2D eigenvalue weighted by Crippen LogP contribution is -2.34. The van der Waals surface area contributed by atoms with Crippen LogP contribution in [-0.4, -0.2) is 6.10 Å². The van der Waals surface area contributed by atoms with Crippen LogP contribution in [0.5, 0.6) is 0 Å². The third-order valence-corrected chi connectivity index (χ3v) is 11.4. The third-order valence-electron chi connectivity index (χ3n) is 8.66. The Labute approximate surface area is 235 Å². The van der Waals surface area contributed by atoms with E-state index in [0.717, 1.165) is 12.2 Å². The third kappa shape index (κ3) is 5.35. The maximum Gasteiger partial charge on any atom is 0.127 e. The first-order valence-corrected chi connectivity index (χ1v) is 16.0. The van der Waals surface area contributed by atoms with E-state index in [1.54, 1.807) is 0 Å². The van der Waals surface area contributed by atoms with E-state index >= 15 is 0 Å². The van der Waals surface area contributed by atoms with Gasteiger partial charge < -0.3 is 4.74 Å². The summed E-state index contributed by atoms with van der Waals surface area (Å²) < 4.78 is 7.15. The number of rotatable bonds is 6. The summed E-state index contributed by atoms with van der Waals surface area (Å²) in [5.74, 6) is 2.96. The van der Waals surface area contributed by atoms with E-state index < -0.39 is 7.92 Å². The van der Waals surface area contributed by atoms with Gasteiger partial charge in [0.15, 0.2) is 0 Å². The molecule has 2 aliphatic rings. The molecule has 0 unspecified atom stereocenters. The van der Waals surface area contributed by atoms with Crippen LogP contribution in [0.25, 0.3) is 11.8 Å². The van der Waals surface area contributed by atoms with E-state index in [0.29, 0.717) is 17.8 Å². The van der Waals surface area contributed by atoms with Crippen molar-refractivity contribution in [1.29, 1.82) is 0 Å². The van der Waals surface area contributed by atoms with Crippen LogP contribution in [0.4, 0.5) is 0 Å². The highest BCUT2D eigenvalue weighted by Gasteiger charge is 2.36. The van der Waals surface area contributed by atoms with Gasteiger partial charge in [-0.05, 0) is 71.9 Å². The Morgan fingerprint density at radius 3 is 1.95 bits per heavy atom. The predicted molar refractivity (Wildman–Crippen MR) is 168 cm³/mol. The van der Waals surface area contributed by atoms with Gasteiger partial charge in [0.1, 0.15) is 11.9 Å². The Morgan fingerprint density at radius 2 is 1.28 bits per heavy atom. The van der Waals surface area contributed by atoms with E-state index in [-0.39, 0.29) is 11.8 Å². The lowest BCUT2D eigenvalue weighted by Gasteiger charge is -2.38. The van der Waals surface area contributed by atoms with E-state index in [1.165, 1.54) is 45.7 Å². The average Bonchev–Trinajstić information content (AvgIpc) is 3.09. The Balaban J connectivity index is 1.52. The standard InChI is InChI=1S/C37H39OP/c1-26(2)31-23-22-27(3)24-35(31)38-36-25-28-14-10-11-19-32(28)37(34-21-13-12-20-33(34)36)39(29-15-6-4-7-16-29)30-17-8-5-9-18-30/h4-21,25-27,31,35,37H,22-24H2,1-3H3/t27-,31+,35-,37-/m1/s1. The lowest BCUT2D eigenvalue weighted by molar-refractivity contribution is 0.0265. The fraction of sp³-hybridized carbons (Fsp3) is 0.297. The smallest absolute Gasteiger partial charge is 0.127 e. The van der Waals surface area contributed by atoms with Crippen molar-refractivity contribution in [3.8, 4) is 0 Å². The molecule has 0 aliphatic heterocycles. The molecular formula is C37H39OP. The molecule has 0 saturated heterocycles. The molecule has 39 heavy (non-hydrogen) atoms. The van der Waals surface area contributed by atoms with Gasteiger partial charge in [-0.2, -0.15) is 0 Å². The van der Waals surface area contributed by atoms with Gasteiger partial charge in [0.25, 0.3) is 0 Å². The first-order valence-electron chi connectivity index (χ1n) is 14.6. The van der Waals surface area contributed by atoms with Gasteiger partial charge in [0.05, 0.1) is 0 Å². The Kier molecular flexibility index (Phi) is 7.71. The van der Waals surface area contributed by atoms with Crippen LogP contribution in [0.15, 0.2) is 109 Å². The van der Waals surface area contributed by atoms with Gasteiger partial charge in [0, 0.05) is 11.2 Å². The molecule has 198 valence electrons. The van der Waals surface area contributed by atoms with Crippen molar-refractivity contribution in [1.82, 2.24) is 0 Å². The van der Waals surface area contributed by atoms with Gasteiger partial charge >= 0.3 is 0 Å². The maximum absolute atomic E-state index is 7.15. The largest absolute Gasteiger partial charge is 0.489 e. The molecule has 4 atom stereocenters. The first-order chi connectivity index (χ1) is 19.1. The zero-order valence-electron chi connectivity index (χ0n) is 23.3. The normalized spacial score (nSPS) is 22.5. The van der Waals surface area contributed by atoms with Crippen LogP contribution in [0, 0.1) is 17.8 Å². The number of benzene rings is 4. The minimum atomic E-state index is -0.713. The predicted octanol–water partition coefficient (Wildman–Crippen LogP) is 9.20. The van der Waals surface area contributed by atoms with Crippen molar-refractivity contribution in [2.75, 3.05) is 0 Å². The van der Waals surface area contributed by atoms with Crippen LogP contribution in [0.2, 0.25) is 0 Å². The summed E-state index contributed by atoms with van der Waals surface area (Å²) in [5.41, 5.74) is 5.51. The Hall–Kier alpha value is -3.15. The minimum Gasteiger partial charge on any atom is -0.489 e. The highest BCUT2D eigenvalue weighted by atomic mass is 31.1. The van der Waals surface area contributed by atoms with Crippen LogP contribution < -0.4 is 10.6 Å². The molecule has 1 nitrogen and oxygen atoms in total. The fourth-order valence-corrected chi connectivity index (χ4v) is 9.55. The summed E-state index contributed by atoms with van der Waals surface area (Å²) in [6.45, 7) is 7.12. The molecule has 4 aromatic carbocycles. The first kappa shape index (κ1) is 26.1. The zero-order valence-corrected chi connectivity index (χ0v) is 24.2. The van der Waals surface area contributed by atoms with Crippen molar-refractivity contribution >= 4 is 30.4 Å². The molecule has 0 bridgehead atoms. The van der Waals surface area contributed by atoms with Crippen LogP contribution in [0.1, 0.15) is 67.9 Å². The van der Waals surface area contributed by atoms with Crippen LogP contribution in [-0.2, 0) is 4.74 Å². The van der Waals surface area contributed by atoms with Gasteiger partial charge in [-0.15, -0.1) is 0 Å². The Bertz CT molecular complexity index is 1380. The molecule has 1 fully saturated rings. The van der Waals surface area contributed by atoms with E-state index in [2.05, 4.69) is 136 Å². The summed E-state index contributed by atoms with van der Waals surface area (Å²) in [4.78, 5) is 0. The Morgan fingerprint density at radius 1 is 0.692 bits per heavy atom. The number of ether oxygens (including phenoxy) is 1. The van der Waals surface area contributed by atoms with Crippen molar-refractivity contribution in [2.24, 2.45) is 17.8 Å². The van der Waals surface area contributed by atoms with Crippen LogP contribution >= 0.6 is 7.92 Å². The molecule has 0 aromatic heterocycles. The fourth-order valence-electron chi connectivity index (χ4n) is 6.65. The average molecular weight is 531 g/mol. The van der Waals surface area contributed by atoms with Crippen molar-refractivity contribution in [2.45, 2.75) is 51.8 Å². The topological polar surface area (TPSA) is 9.23 Å². The van der Waals surface area contributed by atoms with Crippen molar-refractivity contribution in [3.63, 3.8) is 0 Å². The zero-order chi connectivity index (χ0) is 26.8. The van der Waals surface area contributed by atoms with Crippen molar-refractivity contribution in [3.05, 3.63) is 131 Å². The van der Waals surface area contributed by atoms with Gasteiger partial charge in [-0.1, -0.05) is 136 Å². The minimum absolute atomic E-state index is 0.223. The molecule has 2 aliphatic carbocycles. The molecule has 1 saturated carbocycles. The van der Waals surface area contributed by atoms with E-state index in [9.17, 15) is 0 Å². The quantitative estimate of drug-likeness (QED) is 0.226. The highest BCUT2D eigenvalue weighted by molar-refractivity contribution is 7.73. The molecule has 0 spiro atoms. The van der Waals surface area contributed by atoms with Gasteiger partial charge in [-0.3, -0.25) is 0 Å². The molecule has 4 aromatic rings. The number of fused-ring (bicyclic) bond motifs is 2. The molecule has 0 radical (unpaired) electrons. The summed E-state index contributed by atoms with van der Waals surface area (Å²) in [7, 11) is -0.713. The maximum atomic E-state index is 7.15. The summed E-state index contributed by atoms with van der Waals surface area (Å²) in [5, 5.41) is 2.80. The molecule has 0 heterocycles. The summed E-state index contributed by atoms with van der Waals surface area (Å²) >= 11 is 0. The van der Waals surface area contributed by atoms with E-state index in [1.807, 2.05) is 0 Å². The molecule has 0 N–H and O–H groups in total. The van der Waals surface area contributed by atoms with E-state index in [4.69, 9.17) is 4.74 Å². The number of hydrogen-bond acceptors (Lipinski definition) is 1. The summed E-state index contributed by atoms with van der Waals surface area (Å²) in [6, 6.07) is 40.3. The van der Waals surface area contributed by atoms with Gasteiger partial charge in [-0.25, -0.2) is 0 Å². The second-order valence-electron chi connectivity index (χ2n) is 11.7. The monoisotopic (exact) mass is 530 g/mol. The number of hydrogen-bond donors (Lipinski definition) is 0. The molecular weight excluding hydrogens is 491 g/mol. The second kappa shape index (κ2) is 11.5. The molecule has 6 rings (SSSR count). The molecule has 2 heteroatoms. The molecule has 0 amide bonds. The van der Waals surface area contributed by atoms with Crippen molar-refractivity contribution < 1.29 is 4.74 Å². The van der Waals surface area contributed by atoms with Crippen LogP contribution in [0.3, 0.4) is 0 Å².